The van der Waals surface area contributed by atoms with Gasteiger partial charge in [-0.15, -0.1) is 0 Å². The van der Waals surface area contributed by atoms with Gasteiger partial charge in [0, 0.05) is 40.8 Å². The third-order valence-electron chi connectivity index (χ3n) is 13.7. The van der Waals surface area contributed by atoms with Crippen molar-refractivity contribution in [1.82, 2.24) is 30.1 Å². The number of likely N-dealkylation sites (tertiary alicyclic amines) is 1. The number of amides is 5. The Morgan fingerprint density at radius 1 is 0.789 bits per heavy atom. The van der Waals surface area contributed by atoms with Crippen molar-refractivity contribution in [1.29, 1.82) is 0 Å². The standard InChI is InChI=1S/C50H87N7O13S/c1-12-35(6)45(56(9)50(62)43(33(2)3)53-49(61)44(34(4)5)55(8)23-24-67-25-26-68-27-28-69-29-30-70-51)41(65-10)32-42(58)57-22-16-19-40(57)46(66-11)36(7)47(59)52-39(31-37-17-14-13-15-18-37)48(60)54-71(63,64)38-20-21-38/h13-15,17-18,33-36,38-41,43-46H,12,16,19-32,51H2,1-11H3,(H,52,59)(H,53,61)(H,54,60). The second kappa shape index (κ2) is 31.1. The number of rotatable bonds is 35. The predicted molar refractivity (Wildman–Crippen MR) is 269 cm³/mol. The first kappa shape index (κ1) is 61.5. The van der Waals surface area contributed by atoms with Crippen LogP contribution >= 0.6 is 0 Å². The van der Waals surface area contributed by atoms with Crippen molar-refractivity contribution >= 4 is 39.6 Å². The molecule has 406 valence electrons. The summed E-state index contributed by atoms with van der Waals surface area (Å²) in [6.45, 7) is 16.9. The van der Waals surface area contributed by atoms with E-state index in [4.69, 9.17) is 29.6 Å². The molecule has 21 heteroatoms. The van der Waals surface area contributed by atoms with Crippen LogP contribution in [-0.2, 0) is 68.9 Å². The molecule has 20 nitrogen and oxygen atoms in total. The highest BCUT2D eigenvalue weighted by Crippen LogP contribution is 2.30. The van der Waals surface area contributed by atoms with Crippen LogP contribution in [0.5, 0.6) is 0 Å². The van der Waals surface area contributed by atoms with Crippen LogP contribution in [0.25, 0.3) is 0 Å². The third kappa shape index (κ3) is 19.2. The van der Waals surface area contributed by atoms with E-state index in [1.54, 1.807) is 48.0 Å². The summed E-state index contributed by atoms with van der Waals surface area (Å²) in [5.41, 5.74) is 0.731. The molecular weight excluding hydrogens is 939 g/mol. The van der Waals surface area contributed by atoms with Gasteiger partial charge in [0.25, 0.3) is 5.91 Å². The molecule has 0 spiro atoms. The van der Waals surface area contributed by atoms with Gasteiger partial charge in [0.1, 0.15) is 12.1 Å². The van der Waals surface area contributed by atoms with E-state index in [1.807, 2.05) is 59.6 Å². The molecule has 71 heavy (non-hydrogen) atoms. The largest absolute Gasteiger partial charge is 0.379 e. The molecule has 9 atom stereocenters. The molecule has 2 fully saturated rings. The number of nitrogens with zero attached hydrogens (tertiary/aromatic N) is 3. The summed E-state index contributed by atoms with van der Waals surface area (Å²) in [7, 11) is 2.67. The van der Waals surface area contributed by atoms with Crippen molar-refractivity contribution in [2.24, 2.45) is 29.6 Å². The number of hydrogen-bond donors (Lipinski definition) is 4. The van der Waals surface area contributed by atoms with Crippen molar-refractivity contribution in [3.8, 4) is 0 Å². The molecule has 0 bridgehead atoms. The molecule has 1 saturated carbocycles. The molecule has 0 radical (unpaired) electrons. The van der Waals surface area contributed by atoms with Gasteiger partial charge in [-0.2, -0.15) is 0 Å². The Balaban J connectivity index is 1.70. The minimum atomic E-state index is -3.88. The number of ether oxygens (including phenoxy) is 5. The first-order valence-electron chi connectivity index (χ1n) is 25.3. The van der Waals surface area contributed by atoms with Crippen molar-refractivity contribution in [3.63, 3.8) is 0 Å². The Bertz CT molecular complexity index is 1890. The van der Waals surface area contributed by atoms with E-state index in [2.05, 4.69) is 20.2 Å². The first-order chi connectivity index (χ1) is 33.7. The maximum atomic E-state index is 14.6. The second-order valence-electron chi connectivity index (χ2n) is 19.7. The molecule has 2 aliphatic rings. The topological polar surface area (TPSA) is 247 Å². The van der Waals surface area contributed by atoms with Crippen molar-refractivity contribution in [2.75, 3.05) is 87.7 Å². The zero-order valence-corrected chi connectivity index (χ0v) is 45.1. The number of sulfonamides is 1. The molecule has 1 saturated heterocycles. The summed E-state index contributed by atoms with van der Waals surface area (Å²) in [5.74, 6) is 1.49. The Morgan fingerprint density at radius 2 is 1.39 bits per heavy atom. The van der Waals surface area contributed by atoms with Gasteiger partial charge >= 0.3 is 0 Å². The Kier molecular flexibility index (Phi) is 26.9. The maximum Gasteiger partial charge on any atom is 0.256 e. The smallest absolute Gasteiger partial charge is 0.256 e. The fourth-order valence-corrected chi connectivity index (χ4v) is 10.7. The summed E-state index contributed by atoms with van der Waals surface area (Å²) in [5, 5.41) is 5.24. The average Bonchev–Trinajstić information content (AvgIpc) is 4.10. The van der Waals surface area contributed by atoms with Gasteiger partial charge < -0.3 is 49.0 Å². The molecule has 1 heterocycles. The summed E-state index contributed by atoms with van der Waals surface area (Å²) in [6.07, 6.45) is 1.30. The third-order valence-corrected chi connectivity index (χ3v) is 15.5. The summed E-state index contributed by atoms with van der Waals surface area (Å²) < 4.78 is 56.4. The van der Waals surface area contributed by atoms with Crippen LogP contribution in [0.2, 0.25) is 0 Å². The van der Waals surface area contributed by atoms with Gasteiger partial charge in [-0.3, -0.25) is 33.6 Å². The Labute approximate surface area is 423 Å². The maximum absolute atomic E-state index is 14.6. The lowest BCUT2D eigenvalue weighted by Gasteiger charge is -2.41. The minimum Gasteiger partial charge on any atom is -0.379 e. The molecule has 5 amide bonds. The van der Waals surface area contributed by atoms with E-state index in [0.717, 1.165) is 5.56 Å². The van der Waals surface area contributed by atoms with E-state index in [-0.39, 0.29) is 48.3 Å². The number of likely N-dealkylation sites (N-methyl/N-ethyl adjacent to an activating group) is 2. The normalized spacial score (nSPS) is 18.6. The zero-order valence-electron chi connectivity index (χ0n) is 44.3. The lowest BCUT2D eigenvalue weighted by molar-refractivity contribution is -0.148. The molecule has 3 rings (SSSR count). The number of nitrogens with two attached hydrogens (primary N) is 1. The summed E-state index contributed by atoms with van der Waals surface area (Å²) in [4.78, 5) is 80.4. The summed E-state index contributed by atoms with van der Waals surface area (Å²) in [6, 6.07) is 5.33. The SMILES string of the molecule is CCC(C)C(C(CC(=O)N1CCCC1C(OC)C(C)C(=O)NC(Cc1ccccc1)C(=O)NS(=O)(=O)C1CC1)OC)N(C)C(=O)C(NC(=O)C(C(C)C)N(C)CCOCCOCCOCCON)C(C)C. The van der Waals surface area contributed by atoms with Crippen LogP contribution in [0.1, 0.15) is 92.6 Å². The van der Waals surface area contributed by atoms with Crippen LogP contribution in [0.3, 0.4) is 0 Å². The molecule has 1 aromatic carbocycles. The highest BCUT2D eigenvalue weighted by atomic mass is 32.2. The van der Waals surface area contributed by atoms with E-state index in [0.29, 0.717) is 91.4 Å². The number of carbonyl (C=O) groups excluding carboxylic acids is 5. The quantitative estimate of drug-likeness (QED) is 0.0563. The number of hydrogen-bond acceptors (Lipinski definition) is 15. The van der Waals surface area contributed by atoms with Crippen molar-refractivity contribution in [2.45, 2.75) is 141 Å². The van der Waals surface area contributed by atoms with Crippen LogP contribution in [0, 0.1) is 23.7 Å². The number of nitrogens with one attached hydrogen (secondary N) is 3. The van der Waals surface area contributed by atoms with Crippen LogP contribution in [-0.4, -0.2) is 188 Å². The highest BCUT2D eigenvalue weighted by Gasteiger charge is 2.44. The van der Waals surface area contributed by atoms with Gasteiger partial charge in [-0.05, 0) is 56.0 Å². The van der Waals surface area contributed by atoms with Gasteiger partial charge in [0.2, 0.25) is 33.7 Å². The van der Waals surface area contributed by atoms with E-state index in [1.165, 1.54) is 14.2 Å². The zero-order chi connectivity index (χ0) is 52.8. The molecule has 1 aromatic rings. The molecule has 0 aromatic heterocycles. The number of carbonyl (C=O) groups is 5. The number of benzene rings is 1. The average molecular weight is 1030 g/mol. The molecular formula is C50H87N7O13S. The van der Waals surface area contributed by atoms with E-state index in [9.17, 15) is 32.4 Å². The lowest BCUT2D eigenvalue weighted by Crippen LogP contribution is -2.60. The predicted octanol–water partition coefficient (Wildman–Crippen LogP) is 2.28. The molecule has 1 aliphatic carbocycles. The Hall–Kier alpha value is -3.80. The molecule has 5 N–H and O–H groups in total. The number of methoxy groups -OCH3 is 2. The Morgan fingerprint density at radius 3 is 1.93 bits per heavy atom. The van der Waals surface area contributed by atoms with E-state index >= 15 is 0 Å². The van der Waals surface area contributed by atoms with Crippen LogP contribution in [0.15, 0.2) is 30.3 Å². The van der Waals surface area contributed by atoms with Gasteiger partial charge in [0.05, 0.1) is 94.2 Å². The lowest BCUT2D eigenvalue weighted by atomic mass is 9.89. The van der Waals surface area contributed by atoms with Crippen molar-refractivity contribution < 1.29 is 60.9 Å². The van der Waals surface area contributed by atoms with Gasteiger partial charge in [0.15, 0.2) is 0 Å². The molecule has 1 aliphatic heterocycles. The first-order valence-corrected chi connectivity index (χ1v) is 26.9. The monoisotopic (exact) mass is 1030 g/mol. The summed E-state index contributed by atoms with van der Waals surface area (Å²) >= 11 is 0. The van der Waals surface area contributed by atoms with E-state index < -0.39 is 75.4 Å². The van der Waals surface area contributed by atoms with Crippen LogP contribution in [0.4, 0.5) is 0 Å². The minimum absolute atomic E-state index is 0.0588. The van der Waals surface area contributed by atoms with Crippen molar-refractivity contribution in [3.05, 3.63) is 35.9 Å². The van der Waals surface area contributed by atoms with Gasteiger partial charge in [-0.1, -0.05) is 85.2 Å². The molecule has 9 unspecified atom stereocenters. The highest BCUT2D eigenvalue weighted by molar-refractivity contribution is 7.90. The fraction of sp³-hybridized carbons (Fsp3) is 0.780. The fourth-order valence-electron chi connectivity index (χ4n) is 9.32. The second-order valence-corrected chi connectivity index (χ2v) is 21.6. The van der Waals surface area contributed by atoms with Crippen LogP contribution < -0.4 is 21.3 Å². The van der Waals surface area contributed by atoms with Gasteiger partial charge in [-0.25, -0.2) is 14.3 Å².